The number of ether oxygens (including phenoxy) is 1. The van der Waals surface area contributed by atoms with E-state index in [9.17, 15) is 4.79 Å². The summed E-state index contributed by atoms with van der Waals surface area (Å²) in [5.41, 5.74) is 2.07. The fourth-order valence-electron chi connectivity index (χ4n) is 1.63. The molecule has 0 radical (unpaired) electrons. The average Bonchev–Trinajstić information content (AvgIpc) is 2.74. The molecule has 3 nitrogen and oxygen atoms in total. The van der Waals surface area contributed by atoms with Crippen LogP contribution in [0, 0.1) is 6.92 Å². The largest absolute Gasteiger partial charge is 0.496 e. The molecule has 0 aliphatic heterocycles. The van der Waals surface area contributed by atoms with Gasteiger partial charge >= 0.3 is 0 Å². The van der Waals surface area contributed by atoms with Crippen LogP contribution in [0.5, 0.6) is 5.75 Å². The summed E-state index contributed by atoms with van der Waals surface area (Å²) >= 11 is 3.20. The molecule has 0 unspecified atom stereocenters. The van der Waals surface area contributed by atoms with Crippen LogP contribution in [-0.2, 0) is 0 Å². The lowest BCUT2D eigenvalue weighted by Crippen LogP contribution is -2.01. The van der Waals surface area contributed by atoms with Gasteiger partial charge in [0.15, 0.2) is 10.5 Å². The first-order valence-electron chi connectivity index (χ1n) is 5.06. The molecule has 1 aromatic heterocycles. The van der Waals surface area contributed by atoms with E-state index in [1.807, 2.05) is 6.92 Å². The zero-order valence-electron chi connectivity index (χ0n) is 9.49. The van der Waals surface area contributed by atoms with Crippen LogP contribution < -0.4 is 4.74 Å². The van der Waals surface area contributed by atoms with E-state index in [0.717, 1.165) is 11.3 Å². The van der Waals surface area contributed by atoms with E-state index >= 15 is 0 Å². The quantitative estimate of drug-likeness (QED) is 0.812. The van der Waals surface area contributed by atoms with E-state index in [0.29, 0.717) is 15.8 Å². The Hall–Kier alpha value is -1.55. The van der Waals surface area contributed by atoms with Crippen LogP contribution in [0.4, 0.5) is 0 Å². The van der Waals surface area contributed by atoms with Crippen LogP contribution in [0.3, 0.4) is 0 Å². The third kappa shape index (κ3) is 2.26. The van der Waals surface area contributed by atoms with E-state index < -0.39 is 0 Å². The van der Waals surface area contributed by atoms with Crippen molar-refractivity contribution in [2.24, 2.45) is 0 Å². The van der Waals surface area contributed by atoms with Crippen LogP contribution in [0.2, 0.25) is 0 Å². The Balaban J connectivity index is 2.39. The van der Waals surface area contributed by atoms with Gasteiger partial charge in [0.25, 0.3) is 0 Å². The molecule has 4 heteroatoms. The maximum atomic E-state index is 12.1. The van der Waals surface area contributed by atoms with Crippen LogP contribution >= 0.6 is 15.9 Å². The van der Waals surface area contributed by atoms with Gasteiger partial charge in [-0.15, -0.1) is 0 Å². The first kappa shape index (κ1) is 11.9. The second-order valence-electron chi connectivity index (χ2n) is 3.62. The monoisotopic (exact) mass is 294 g/mol. The van der Waals surface area contributed by atoms with Crippen molar-refractivity contribution >= 4 is 21.7 Å². The fraction of sp³-hybridized carbons (Fsp3) is 0.154. The highest BCUT2D eigenvalue weighted by atomic mass is 79.9. The normalized spacial score (nSPS) is 10.3. The first-order chi connectivity index (χ1) is 8.13. The molecule has 2 aromatic rings. The molecule has 0 saturated carbocycles. The number of carbonyl (C=O) groups is 1. The third-order valence-electron chi connectivity index (χ3n) is 2.52. The number of hydrogen-bond donors (Lipinski definition) is 0. The standard InChI is InChI=1S/C13H11BrO3/c1-8-7-9(3-4-11(8)16-2)12(15)10-5-6-17-13(10)14/h3-7H,1-2H3. The summed E-state index contributed by atoms with van der Waals surface area (Å²) in [4.78, 5) is 12.1. The molecule has 0 aliphatic carbocycles. The predicted octanol–water partition coefficient (Wildman–Crippen LogP) is 3.59. The molecule has 0 saturated heterocycles. The molecule has 0 amide bonds. The van der Waals surface area contributed by atoms with Crippen LogP contribution in [0.15, 0.2) is 39.6 Å². The molecule has 0 fully saturated rings. The Kier molecular flexibility index (Phi) is 3.33. The summed E-state index contributed by atoms with van der Waals surface area (Å²) < 4.78 is 10.7. The second-order valence-corrected chi connectivity index (χ2v) is 4.34. The van der Waals surface area contributed by atoms with Gasteiger partial charge in [0.2, 0.25) is 0 Å². The van der Waals surface area contributed by atoms with Gasteiger partial charge in [-0.2, -0.15) is 0 Å². The van der Waals surface area contributed by atoms with E-state index in [4.69, 9.17) is 9.15 Å². The van der Waals surface area contributed by atoms with E-state index in [1.54, 1.807) is 31.4 Å². The summed E-state index contributed by atoms with van der Waals surface area (Å²) in [6.07, 6.45) is 1.48. The Morgan fingerprint density at radius 3 is 2.65 bits per heavy atom. The summed E-state index contributed by atoms with van der Waals surface area (Å²) in [5, 5.41) is 0. The summed E-state index contributed by atoms with van der Waals surface area (Å²) in [5.74, 6) is 0.698. The maximum absolute atomic E-state index is 12.1. The SMILES string of the molecule is COc1ccc(C(=O)c2ccoc2Br)cc1C. The second kappa shape index (κ2) is 4.75. The van der Waals surface area contributed by atoms with Crippen molar-refractivity contribution in [3.8, 4) is 5.75 Å². The number of halogens is 1. The minimum Gasteiger partial charge on any atom is -0.496 e. The summed E-state index contributed by atoms with van der Waals surface area (Å²) in [6, 6.07) is 6.98. The van der Waals surface area contributed by atoms with Gasteiger partial charge in [0.1, 0.15) is 5.75 Å². The van der Waals surface area contributed by atoms with E-state index in [1.165, 1.54) is 6.26 Å². The molecule has 88 valence electrons. The third-order valence-corrected chi connectivity index (χ3v) is 3.13. The predicted molar refractivity (Wildman–Crippen MR) is 67.6 cm³/mol. The lowest BCUT2D eigenvalue weighted by molar-refractivity contribution is 0.103. The summed E-state index contributed by atoms with van der Waals surface area (Å²) in [6.45, 7) is 1.90. The van der Waals surface area contributed by atoms with Gasteiger partial charge in [-0.1, -0.05) is 0 Å². The molecule has 0 N–H and O–H groups in total. The fourth-order valence-corrected chi connectivity index (χ4v) is 2.05. The summed E-state index contributed by atoms with van der Waals surface area (Å²) in [7, 11) is 1.61. The highest BCUT2D eigenvalue weighted by Gasteiger charge is 2.15. The lowest BCUT2D eigenvalue weighted by atomic mass is 10.0. The number of rotatable bonds is 3. The smallest absolute Gasteiger partial charge is 0.197 e. The Bertz CT molecular complexity index is 558. The van der Waals surface area contributed by atoms with E-state index in [2.05, 4.69) is 15.9 Å². The van der Waals surface area contributed by atoms with E-state index in [-0.39, 0.29) is 5.78 Å². The van der Waals surface area contributed by atoms with Gasteiger partial charge in [-0.25, -0.2) is 0 Å². The number of methoxy groups -OCH3 is 1. The van der Waals surface area contributed by atoms with Crippen molar-refractivity contribution < 1.29 is 13.9 Å². The highest BCUT2D eigenvalue weighted by molar-refractivity contribution is 9.10. The number of carbonyl (C=O) groups excluding carboxylic acids is 1. The van der Waals surface area contributed by atoms with Crippen LogP contribution in [0.25, 0.3) is 0 Å². The van der Waals surface area contributed by atoms with Crippen molar-refractivity contribution in [2.45, 2.75) is 6.92 Å². The van der Waals surface area contributed by atoms with Gasteiger partial charge in [-0.3, -0.25) is 4.79 Å². The number of benzene rings is 1. The van der Waals surface area contributed by atoms with Crippen molar-refractivity contribution in [3.63, 3.8) is 0 Å². The topological polar surface area (TPSA) is 39.4 Å². The number of furan rings is 1. The average molecular weight is 295 g/mol. The van der Waals surface area contributed by atoms with Gasteiger partial charge < -0.3 is 9.15 Å². The number of aryl methyl sites for hydroxylation is 1. The van der Waals surface area contributed by atoms with Crippen LogP contribution in [-0.4, -0.2) is 12.9 Å². The van der Waals surface area contributed by atoms with Crippen molar-refractivity contribution in [1.29, 1.82) is 0 Å². The Labute approximate surface area is 108 Å². The maximum Gasteiger partial charge on any atom is 0.197 e. The van der Waals surface area contributed by atoms with Crippen molar-refractivity contribution in [3.05, 3.63) is 51.9 Å². The zero-order chi connectivity index (χ0) is 12.4. The molecule has 2 rings (SSSR count). The molecule has 0 aliphatic rings. The van der Waals surface area contributed by atoms with Gasteiger partial charge in [-0.05, 0) is 52.7 Å². The molecule has 1 aromatic carbocycles. The molecular formula is C13H11BrO3. The van der Waals surface area contributed by atoms with Crippen molar-refractivity contribution in [2.75, 3.05) is 7.11 Å². The molecular weight excluding hydrogens is 284 g/mol. The van der Waals surface area contributed by atoms with Crippen molar-refractivity contribution in [1.82, 2.24) is 0 Å². The molecule has 0 atom stereocenters. The molecule has 17 heavy (non-hydrogen) atoms. The Morgan fingerprint density at radius 1 is 1.35 bits per heavy atom. The molecule has 0 spiro atoms. The Morgan fingerprint density at radius 2 is 2.12 bits per heavy atom. The first-order valence-corrected chi connectivity index (χ1v) is 5.85. The van der Waals surface area contributed by atoms with Gasteiger partial charge in [0.05, 0.1) is 18.9 Å². The number of hydrogen-bond acceptors (Lipinski definition) is 3. The number of ketones is 1. The van der Waals surface area contributed by atoms with Crippen LogP contribution in [0.1, 0.15) is 21.5 Å². The highest BCUT2D eigenvalue weighted by Crippen LogP contribution is 2.24. The zero-order valence-corrected chi connectivity index (χ0v) is 11.1. The minimum absolute atomic E-state index is 0.0728. The molecule has 0 bridgehead atoms. The van der Waals surface area contributed by atoms with Gasteiger partial charge in [0, 0.05) is 5.56 Å². The minimum atomic E-state index is -0.0728. The molecule has 1 heterocycles. The lowest BCUT2D eigenvalue weighted by Gasteiger charge is -2.06.